The summed E-state index contributed by atoms with van der Waals surface area (Å²) in [5.74, 6) is -1.12. The van der Waals surface area contributed by atoms with Crippen molar-refractivity contribution < 1.29 is 18.3 Å². The topological polar surface area (TPSA) is 95.5 Å². The van der Waals surface area contributed by atoms with Gasteiger partial charge in [0, 0.05) is 6.04 Å². The largest absolute Gasteiger partial charge is 0.478 e. The van der Waals surface area contributed by atoms with Gasteiger partial charge >= 0.3 is 5.97 Å². The summed E-state index contributed by atoms with van der Waals surface area (Å²) in [7, 11) is -3.69. The van der Waals surface area contributed by atoms with Crippen molar-refractivity contribution in [1.29, 1.82) is 0 Å². The Morgan fingerprint density at radius 3 is 2.60 bits per heavy atom. The Labute approximate surface area is 118 Å². The smallest absolute Gasteiger partial charge is 0.335 e. The SMILES string of the molecule is Cc1c(C(=O)O)cccc1S(=O)(=O)NC1CCNCC1. The Morgan fingerprint density at radius 1 is 1.35 bits per heavy atom. The van der Waals surface area contributed by atoms with Crippen LogP contribution in [0.3, 0.4) is 0 Å². The van der Waals surface area contributed by atoms with E-state index in [4.69, 9.17) is 5.11 Å². The summed E-state index contributed by atoms with van der Waals surface area (Å²) in [6.45, 7) is 3.07. The summed E-state index contributed by atoms with van der Waals surface area (Å²) in [4.78, 5) is 11.1. The monoisotopic (exact) mass is 298 g/mol. The van der Waals surface area contributed by atoms with Gasteiger partial charge in [0.25, 0.3) is 0 Å². The first-order valence-electron chi connectivity index (χ1n) is 6.48. The number of sulfonamides is 1. The van der Waals surface area contributed by atoms with E-state index in [2.05, 4.69) is 10.0 Å². The molecule has 1 aliphatic heterocycles. The molecule has 0 saturated carbocycles. The first-order chi connectivity index (χ1) is 9.42. The minimum Gasteiger partial charge on any atom is -0.478 e. The van der Waals surface area contributed by atoms with Crippen LogP contribution in [0.25, 0.3) is 0 Å². The molecule has 0 atom stereocenters. The van der Waals surface area contributed by atoms with Crippen molar-refractivity contribution in [1.82, 2.24) is 10.0 Å². The predicted octanol–water partition coefficient (Wildman–Crippen LogP) is 0.724. The van der Waals surface area contributed by atoms with Gasteiger partial charge in [-0.1, -0.05) is 6.07 Å². The summed E-state index contributed by atoms with van der Waals surface area (Å²) in [5.41, 5.74) is 0.277. The lowest BCUT2D eigenvalue weighted by Crippen LogP contribution is -2.42. The van der Waals surface area contributed by atoms with Crippen LogP contribution in [0.2, 0.25) is 0 Å². The molecular weight excluding hydrogens is 280 g/mol. The summed E-state index contributed by atoms with van der Waals surface area (Å²) in [6.07, 6.45) is 1.47. The number of hydrogen-bond donors (Lipinski definition) is 3. The second kappa shape index (κ2) is 5.90. The number of nitrogens with one attached hydrogen (secondary N) is 2. The Bertz CT molecular complexity index is 607. The van der Waals surface area contributed by atoms with E-state index in [9.17, 15) is 13.2 Å². The van der Waals surface area contributed by atoms with Crippen molar-refractivity contribution in [3.8, 4) is 0 Å². The molecule has 1 fully saturated rings. The van der Waals surface area contributed by atoms with Crippen LogP contribution in [0.4, 0.5) is 0 Å². The van der Waals surface area contributed by atoms with E-state index in [1.165, 1.54) is 25.1 Å². The van der Waals surface area contributed by atoms with Crippen LogP contribution in [0.15, 0.2) is 23.1 Å². The Morgan fingerprint density at radius 2 is 2.00 bits per heavy atom. The Kier molecular flexibility index (Phi) is 4.42. The highest BCUT2D eigenvalue weighted by Gasteiger charge is 2.24. The van der Waals surface area contributed by atoms with Gasteiger partial charge in [-0.2, -0.15) is 0 Å². The van der Waals surface area contributed by atoms with Crippen molar-refractivity contribution >= 4 is 16.0 Å². The molecule has 0 spiro atoms. The number of hydrogen-bond acceptors (Lipinski definition) is 4. The molecule has 1 heterocycles. The zero-order chi connectivity index (χ0) is 14.8. The molecule has 0 amide bonds. The number of carbonyl (C=O) groups is 1. The van der Waals surface area contributed by atoms with Crippen molar-refractivity contribution in [3.05, 3.63) is 29.3 Å². The average Bonchev–Trinajstić information content (AvgIpc) is 2.39. The molecule has 1 aliphatic rings. The molecule has 1 aromatic carbocycles. The average molecular weight is 298 g/mol. The summed E-state index contributed by atoms with van der Waals surface area (Å²) >= 11 is 0. The number of piperidine rings is 1. The molecule has 0 bridgehead atoms. The molecule has 0 radical (unpaired) electrons. The number of benzene rings is 1. The second-order valence-electron chi connectivity index (χ2n) is 4.88. The highest BCUT2D eigenvalue weighted by Crippen LogP contribution is 2.20. The number of aromatic carboxylic acids is 1. The Balaban J connectivity index is 2.29. The van der Waals surface area contributed by atoms with Crippen LogP contribution in [0.5, 0.6) is 0 Å². The highest BCUT2D eigenvalue weighted by molar-refractivity contribution is 7.89. The summed E-state index contributed by atoms with van der Waals surface area (Å²) in [6, 6.07) is 4.19. The van der Waals surface area contributed by atoms with Gasteiger partial charge in [-0.05, 0) is 50.6 Å². The fourth-order valence-electron chi connectivity index (χ4n) is 2.36. The van der Waals surface area contributed by atoms with E-state index in [1.807, 2.05) is 0 Å². The summed E-state index contributed by atoms with van der Waals surface area (Å²) in [5, 5.41) is 12.2. The second-order valence-corrected chi connectivity index (χ2v) is 6.56. The molecule has 110 valence electrons. The maximum atomic E-state index is 12.4. The number of carboxylic acids is 1. The van der Waals surface area contributed by atoms with Crippen molar-refractivity contribution in [2.75, 3.05) is 13.1 Å². The van der Waals surface area contributed by atoms with E-state index in [0.717, 1.165) is 25.9 Å². The summed E-state index contributed by atoms with van der Waals surface area (Å²) < 4.78 is 27.4. The van der Waals surface area contributed by atoms with Crippen LogP contribution >= 0.6 is 0 Å². The van der Waals surface area contributed by atoms with Crippen molar-refractivity contribution in [3.63, 3.8) is 0 Å². The van der Waals surface area contributed by atoms with Crippen molar-refractivity contribution in [2.24, 2.45) is 0 Å². The van der Waals surface area contributed by atoms with Gasteiger partial charge < -0.3 is 10.4 Å². The lowest BCUT2D eigenvalue weighted by atomic mass is 10.1. The molecule has 3 N–H and O–H groups in total. The zero-order valence-electron chi connectivity index (χ0n) is 11.2. The first kappa shape index (κ1) is 15.0. The normalized spacial score (nSPS) is 17.1. The minimum atomic E-state index is -3.69. The molecule has 2 rings (SSSR count). The molecule has 20 heavy (non-hydrogen) atoms. The molecule has 7 heteroatoms. The maximum Gasteiger partial charge on any atom is 0.335 e. The van der Waals surface area contributed by atoms with E-state index in [0.29, 0.717) is 0 Å². The van der Waals surface area contributed by atoms with Gasteiger partial charge in [-0.25, -0.2) is 17.9 Å². The first-order valence-corrected chi connectivity index (χ1v) is 7.96. The van der Waals surface area contributed by atoms with E-state index in [-0.39, 0.29) is 22.1 Å². The fourth-order valence-corrected chi connectivity index (χ4v) is 3.93. The lowest BCUT2D eigenvalue weighted by Gasteiger charge is -2.24. The molecule has 1 saturated heterocycles. The van der Waals surface area contributed by atoms with Gasteiger partial charge in [0.05, 0.1) is 10.5 Å². The van der Waals surface area contributed by atoms with Gasteiger partial charge in [-0.15, -0.1) is 0 Å². The zero-order valence-corrected chi connectivity index (χ0v) is 12.0. The molecule has 6 nitrogen and oxygen atoms in total. The fraction of sp³-hybridized carbons (Fsp3) is 0.462. The van der Waals surface area contributed by atoms with E-state index >= 15 is 0 Å². The van der Waals surface area contributed by atoms with E-state index < -0.39 is 16.0 Å². The quantitative estimate of drug-likeness (QED) is 0.761. The number of carboxylic acid groups (broad SMARTS) is 1. The van der Waals surface area contributed by atoms with Crippen LogP contribution in [0, 0.1) is 6.92 Å². The van der Waals surface area contributed by atoms with E-state index in [1.54, 1.807) is 0 Å². The van der Waals surface area contributed by atoms with Crippen LogP contribution < -0.4 is 10.0 Å². The van der Waals surface area contributed by atoms with Gasteiger partial charge in [0.15, 0.2) is 0 Å². The maximum absolute atomic E-state index is 12.4. The van der Waals surface area contributed by atoms with Crippen LogP contribution in [-0.2, 0) is 10.0 Å². The standard InChI is InChI=1S/C13H18N2O4S/c1-9-11(13(16)17)3-2-4-12(9)20(18,19)15-10-5-7-14-8-6-10/h2-4,10,14-15H,5-8H2,1H3,(H,16,17). The molecule has 0 aromatic heterocycles. The van der Waals surface area contributed by atoms with Gasteiger partial charge in [-0.3, -0.25) is 0 Å². The predicted molar refractivity (Wildman–Crippen MR) is 74.4 cm³/mol. The van der Waals surface area contributed by atoms with Crippen LogP contribution in [0.1, 0.15) is 28.8 Å². The Hall–Kier alpha value is -1.44. The van der Waals surface area contributed by atoms with Gasteiger partial charge in [0.2, 0.25) is 10.0 Å². The van der Waals surface area contributed by atoms with Crippen LogP contribution in [-0.4, -0.2) is 38.6 Å². The number of rotatable bonds is 4. The molecular formula is C13H18N2O4S. The molecule has 1 aromatic rings. The highest BCUT2D eigenvalue weighted by atomic mass is 32.2. The third kappa shape index (κ3) is 3.17. The molecule has 0 unspecified atom stereocenters. The third-order valence-electron chi connectivity index (χ3n) is 3.46. The van der Waals surface area contributed by atoms with Gasteiger partial charge in [0.1, 0.15) is 0 Å². The molecule has 0 aliphatic carbocycles. The van der Waals surface area contributed by atoms with Crippen molar-refractivity contribution in [2.45, 2.75) is 30.7 Å². The third-order valence-corrected chi connectivity index (χ3v) is 5.13. The minimum absolute atomic E-state index is 0.0122. The lowest BCUT2D eigenvalue weighted by molar-refractivity contribution is 0.0696.